The summed E-state index contributed by atoms with van der Waals surface area (Å²) in [6, 6.07) is 7.74. The van der Waals surface area contributed by atoms with Crippen LogP contribution in [0.25, 0.3) is 0 Å². The highest BCUT2D eigenvalue weighted by atomic mass is 16.5. The quantitative estimate of drug-likeness (QED) is 0.803. The minimum atomic E-state index is 0.0568. The van der Waals surface area contributed by atoms with Crippen LogP contribution >= 0.6 is 0 Å². The molecule has 1 aromatic carbocycles. The summed E-state index contributed by atoms with van der Waals surface area (Å²) in [7, 11) is 0. The summed E-state index contributed by atoms with van der Waals surface area (Å²) in [6.07, 6.45) is 0.511. The van der Waals surface area contributed by atoms with E-state index in [1.54, 1.807) is 0 Å². The Kier molecular flexibility index (Phi) is 4.68. The van der Waals surface area contributed by atoms with Gasteiger partial charge in [-0.15, -0.1) is 0 Å². The average molecular weight is 207 g/mol. The number of hydrogen-bond donors (Lipinski definition) is 1. The molecule has 3 heteroatoms. The Morgan fingerprint density at radius 1 is 1.33 bits per heavy atom. The van der Waals surface area contributed by atoms with Gasteiger partial charge in [0, 0.05) is 18.5 Å². The second kappa shape index (κ2) is 6.06. The smallest absolute Gasteiger partial charge is 0.219 e. The Morgan fingerprint density at radius 3 is 2.73 bits per heavy atom. The van der Waals surface area contributed by atoms with Gasteiger partial charge in [-0.3, -0.25) is 4.79 Å². The summed E-state index contributed by atoms with van der Waals surface area (Å²) in [6.45, 7) is 4.95. The largest absolute Gasteiger partial charge is 0.494 e. The maximum absolute atomic E-state index is 11.1. The molecule has 0 aromatic heterocycles. The van der Waals surface area contributed by atoms with Crippen LogP contribution < -0.4 is 10.1 Å². The number of benzene rings is 1. The molecule has 0 aliphatic rings. The van der Waals surface area contributed by atoms with Crippen molar-refractivity contribution in [3.63, 3.8) is 0 Å². The zero-order valence-electron chi connectivity index (χ0n) is 9.25. The van der Waals surface area contributed by atoms with E-state index in [1.165, 1.54) is 0 Å². The Bertz CT molecular complexity index is 323. The fraction of sp³-hybridized carbons (Fsp3) is 0.417. The van der Waals surface area contributed by atoms with Crippen LogP contribution in [0.2, 0.25) is 0 Å². The zero-order chi connectivity index (χ0) is 11.1. The van der Waals surface area contributed by atoms with Crippen LogP contribution in [0.1, 0.15) is 25.8 Å². The topological polar surface area (TPSA) is 38.3 Å². The summed E-state index contributed by atoms with van der Waals surface area (Å²) in [5, 5.41) is 2.83. The number of rotatable bonds is 5. The normalized spacial score (nSPS) is 9.73. The van der Waals surface area contributed by atoms with Crippen LogP contribution in [-0.4, -0.2) is 12.5 Å². The van der Waals surface area contributed by atoms with Gasteiger partial charge in [-0.25, -0.2) is 0 Å². The highest BCUT2D eigenvalue weighted by Crippen LogP contribution is 2.17. The summed E-state index contributed by atoms with van der Waals surface area (Å²) in [5.74, 6) is 0.901. The first kappa shape index (κ1) is 11.6. The summed E-state index contributed by atoms with van der Waals surface area (Å²) < 4.78 is 5.45. The molecule has 1 N–H and O–H groups in total. The van der Waals surface area contributed by atoms with E-state index in [0.717, 1.165) is 11.3 Å². The molecule has 15 heavy (non-hydrogen) atoms. The Morgan fingerprint density at radius 2 is 2.07 bits per heavy atom. The molecule has 0 spiro atoms. The van der Waals surface area contributed by atoms with Crippen LogP contribution in [-0.2, 0) is 11.3 Å². The number of para-hydroxylation sites is 1. The lowest BCUT2D eigenvalue weighted by Crippen LogP contribution is -2.21. The van der Waals surface area contributed by atoms with Gasteiger partial charge in [0.05, 0.1) is 6.61 Å². The molecule has 0 fully saturated rings. The number of hydrogen-bond acceptors (Lipinski definition) is 2. The molecule has 0 radical (unpaired) electrons. The third kappa shape index (κ3) is 3.62. The molecule has 0 aliphatic heterocycles. The fourth-order valence-corrected chi connectivity index (χ4v) is 1.26. The first-order valence-corrected chi connectivity index (χ1v) is 5.25. The van der Waals surface area contributed by atoms with Crippen molar-refractivity contribution < 1.29 is 9.53 Å². The monoisotopic (exact) mass is 207 g/mol. The standard InChI is InChI=1S/C12H17NO2/c1-3-12(14)13-9-10-7-5-6-8-11(10)15-4-2/h5-8H,3-4,9H2,1-2H3,(H,13,14). The highest BCUT2D eigenvalue weighted by molar-refractivity contribution is 5.75. The second-order valence-corrected chi connectivity index (χ2v) is 3.17. The number of ether oxygens (including phenoxy) is 1. The van der Waals surface area contributed by atoms with Crippen LogP contribution in [0, 0.1) is 0 Å². The molecule has 1 rings (SSSR count). The van der Waals surface area contributed by atoms with Gasteiger partial charge in [0.2, 0.25) is 5.91 Å². The van der Waals surface area contributed by atoms with Crippen molar-refractivity contribution in [3.8, 4) is 5.75 Å². The lowest BCUT2D eigenvalue weighted by molar-refractivity contribution is -0.120. The van der Waals surface area contributed by atoms with Crippen LogP contribution in [0.15, 0.2) is 24.3 Å². The number of carbonyl (C=O) groups excluding carboxylic acids is 1. The lowest BCUT2D eigenvalue weighted by Gasteiger charge is -2.10. The van der Waals surface area contributed by atoms with Gasteiger partial charge < -0.3 is 10.1 Å². The van der Waals surface area contributed by atoms with Gasteiger partial charge in [-0.2, -0.15) is 0 Å². The molecule has 0 saturated heterocycles. The van der Waals surface area contributed by atoms with Gasteiger partial charge in [0.15, 0.2) is 0 Å². The number of nitrogens with one attached hydrogen (secondary N) is 1. The molecule has 1 aromatic rings. The Hall–Kier alpha value is -1.51. The first-order chi connectivity index (χ1) is 7.27. The third-order valence-corrected chi connectivity index (χ3v) is 2.07. The van der Waals surface area contributed by atoms with Crippen LogP contribution in [0.4, 0.5) is 0 Å². The van der Waals surface area contributed by atoms with E-state index in [-0.39, 0.29) is 5.91 Å². The predicted molar refractivity (Wildman–Crippen MR) is 59.7 cm³/mol. The molecule has 1 amide bonds. The van der Waals surface area contributed by atoms with E-state index in [9.17, 15) is 4.79 Å². The number of carbonyl (C=O) groups is 1. The van der Waals surface area contributed by atoms with Gasteiger partial charge in [-0.1, -0.05) is 25.1 Å². The van der Waals surface area contributed by atoms with Crippen LogP contribution in [0.3, 0.4) is 0 Å². The predicted octanol–water partition coefficient (Wildman–Crippen LogP) is 2.11. The third-order valence-electron chi connectivity index (χ3n) is 2.07. The summed E-state index contributed by atoms with van der Waals surface area (Å²) in [4.78, 5) is 11.1. The van der Waals surface area contributed by atoms with E-state index in [2.05, 4.69) is 5.32 Å². The van der Waals surface area contributed by atoms with Gasteiger partial charge >= 0.3 is 0 Å². The minimum Gasteiger partial charge on any atom is -0.494 e. The van der Waals surface area contributed by atoms with E-state index in [0.29, 0.717) is 19.6 Å². The molecule has 0 unspecified atom stereocenters. The van der Waals surface area contributed by atoms with Crippen molar-refractivity contribution in [1.29, 1.82) is 0 Å². The van der Waals surface area contributed by atoms with E-state index in [1.807, 2.05) is 38.1 Å². The SMILES string of the molecule is CCOc1ccccc1CNC(=O)CC. The van der Waals surface area contributed by atoms with E-state index >= 15 is 0 Å². The van der Waals surface area contributed by atoms with Crippen molar-refractivity contribution in [2.24, 2.45) is 0 Å². The van der Waals surface area contributed by atoms with Gasteiger partial charge in [0.25, 0.3) is 0 Å². The zero-order valence-corrected chi connectivity index (χ0v) is 9.25. The lowest BCUT2D eigenvalue weighted by atomic mass is 10.2. The van der Waals surface area contributed by atoms with Crippen molar-refractivity contribution in [2.45, 2.75) is 26.8 Å². The molecule has 0 aliphatic carbocycles. The van der Waals surface area contributed by atoms with Crippen molar-refractivity contribution >= 4 is 5.91 Å². The molecule has 0 atom stereocenters. The molecule has 82 valence electrons. The molecule has 0 saturated carbocycles. The van der Waals surface area contributed by atoms with Crippen molar-refractivity contribution in [2.75, 3.05) is 6.61 Å². The van der Waals surface area contributed by atoms with Crippen molar-refractivity contribution in [1.82, 2.24) is 5.32 Å². The van der Waals surface area contributed by atoms with Crippen LogP contribution in [0.5, 0.6) is 5.75 Å². The maximum atomic E-state index is 11.1. The molecular formula is C12H17NO2. The van der Waals surface area contributed by atoms with E-state index < -0.39 is 0 Å². The van der Waals surface area contributed by atoms with Gasteiger partial charge in [-0.05, 0) is 13.0 Å². The minimum absolute atomic E-state index is 0.0568. The maximum Gasteiger partial charge on any atom is 0.219 e. The first-order valence-electron chi connectivity index (χ1n) is 5.25. The fourth-order valence-electron chi connectivity index (χ4n) is 1.26. The Balaban J connectivity index is 2.62. The van der Waals surface area contributed by atoms with Gasteiger partial charge in [0.1, 0.15) is 5.75 Å². The molecule has 3 nitrogen and oxygen atoms in total. The second-order valence-electron chi connectivity index (χ2n) is 3.17. The highest BCUT2D eigenvalue weighted by Gasteiger charge is 2.03. The summed E-state index contributed by atoms with van der Waals surface area (Å²) >= 11 is 0. The molecule has 0 bridgehead atoms. The Labute approximate surface area is 90.4 Å². The van der Waals surface area contributed by atoms with E-state index in [4.69, 9.17) is 4.74 Å². The number of amides is 1. The van der Waals surface area contributed by atoms with Crippen molar-refractivity contribution in [3.05, 3.63) is 29.8 Å². The molecular weight excluding hydrogens is 190 g/mol. The summed E-state index contributed by atoms with van der Waals surface area (Å²) in [5.41, 5.74) is 1.01. The molecule has 0 heterocycles. The average Bonchev–Trinajstić information content (AvgIpc) is 2.28.